The van der Waals surface area contributed by atoms with E-state index in [-0.39, 0.29) is 0 Å². The fourth-order valence-electron chi connectivity index (χ4n) is 5.79. The lowest BCUT2D eigenvalue weighted by Gasteiger charge is -2.31. The molecule has 0 saturated heterocycles. The van der Waals surface area contributed by atoms with Crippen molar-refractivity contribution >= 4 is 0 Å². The van der Waals surface area contributed by atoms with Crippen LogP contribution < -0.4 is 0 Å². The molecule has 3 saturated carbocycles. The molecule has 0 radical (unpaired) electrons. The predicted octanol–water partition coefficient (Wildman–Crippen LogP) is 3.35. The highest BCUT2D eigenvalue weighted by Crippen LogP contribution is 2.68. The number of hydrogen-bond acceptors (Lipinski definition) is 0. The van der Waals surface area contributed by atoms with Crippen LogP contribution >= 0.6 is 0 Å². The Hall–Kier alpha value is -0.260. The molecular formula is C14H20. The van der Waals surface area contributed by atoms with E-state index < -0.39 is 0 Å². The minimum atomic E-state index is 0.975. The molecule has 0 heteroatoms. The molecule has 0 aromatic rings. The Morgan fingerprint density at radius 1 is 0.786 bits per heavy atom. The molecule has 0 aliphatic heterocycles. The Morgan fingerprint density at radius 3 is 1.79 bits per heavy atom. The van der Waals surface area contributed by atoms with Gasteiger partial charge in [-0.25, -0.2) is 0 Å². The van der Waals surface area contributed by atoms with Crippen molar-refractivity contribution < 1.29 is 0 Å². The van der Waals surface area contributed by atoms with Crippen LogP contribution in [-0.2, 0) is 0 Å². The molecule has 0 aromatic carbocycles. The third-order valence-electron chi connectivity index (χ3n) is 6.28. The van der Waals surface area contributed by atoms with Crippen molar-refractivity contribution in [2.24, 2.45) is 47.3 Å². The molecule has 0 aromatic heterocycles. The molecule has 3 fully saturated rings. The molecule has 0 spiro atoms. The van der Waals surface area contributed by atoms with Crippen LogP contribution in [0.25, 0.3) is 0 Å². The first-order chi connectivity index (χ1) is 6.79. The molecule has 0 N–H and O–H groups in total. The Bertz CT molecular complexity index is 275. The minimum Gasteiger partial charge on any atom is -0.0845 e. The summed E-state index contributed by atoms with van der Waals surface area (Å²) in [6.45, 7) is 5.03. The molecule has 4 rings (SSSR count). The van der Waals surface area contributed by atoms with Crippen LogP contribution in [0, 0.1) is 47.3 Å². The lowest BCUT2D eigenvalue weighted by atomic mass is 9.73. The molecule has 76 valence electrons. The largest absolute Gasteiger partial charge is 0.0845 e. The molecule has 14 heavy (non-hydrogen) atoms. The van der Waals surface area contributed by atoms with Gasteiger partial charge in [-0.15, -0.1) is 0 Å². The highest BCUT2D eigenvalue weighted by Gasteiger charge is 2.63. The molecule has 4 aliphatic carbocycles. The van der Waals surface area contributed by atoms with E-state index in [1.807, 2.05) is 0 Å². The molecule has 6 unspecified atom stereocenters. The fraction of sp³-hybridized carbons (Fsp3) is 0.857. The van der Waals surface area contributed by atoms with Crippen LogP contribution in [0.2, 0.25) is 0 Å². The highest BCUT2D eigenvalue weighted by molar-refractivity contribution is 5.22. The van der Waals surface area contributed by atoms with E-state index in [9.17, 15) is 0 Å². The smallest absolute Gasteiger partial charge is 0.0168 e. The van der Waals surface area contributed by atoms with Gasteiger partial charge in [0, 0.05) is 0 Å². The van der Waals surface area contributed by atoms with Crippen LogP contribution in [-0.4, -0.2) is 0 Å². The van der Waals surface area contributed by atoms with Gasteiger partial charge in [-0.05, 0) is 60.2 Å². The molecule has 4 aliphatic rings. The molecule has 8 atom stereocenters. The Labute approximate surface area is 86.8 Å². The maximum Gasteiger partial charge on any atom is -0.0168 e. The van der Waals surface area contributed by atoms with Gasteiger partial charge in [0.25, 0.3) is 0 Å². The summed E-state index contributed by atoms with van der Waals surface area (Å²) in [7, 11) is 0. The third-order valence-corrected chi connectivity index (χ3v) is 6.28. The van der Waals surface area contributed by atoms with E-state index in [0.29, 0.717) is 0 Å². The minimum absolute atomic E-state index is 0.975. The van der Waals surface area contributed by atoms with Crippen molar-refractivity contribution in [1.82, 2.24) is 0 Å². The fourth-order valence-corrected chi connectivity index (χ4v) is 5.79. The molecule has 0 nitrogen and oxygen atoms in total. The summed E-state index contributed by atoms with van der Waals surface area (Å²) in [5, 5.41) is 0. The third kappa shape index (κ3) is 0.647. The van der Waals surface area contributed by atoms with Crippen LogP contribution in [0.15, 0.2) is 12.2 Å². The lowest BCUT2D eigenvalue weighted by Crippen LogP contribution is -2.25. The first-order valence-corrected chi connectivity index (χ1v) is 6.47. The zero-order valence-corrected chi connectivity index (χ0v) is 9.19. The summed E-state index contributed by atoms with van der Waals surface area (Å²) in [6, 6.07) is 0. The number of allylic oxidation sites excluding steroid dienone is 2. The van der Waals surface area contributed by atoms with Gasteiger partial charge in [-0.3, -0.25) is 0 Å². The van der Waals surface area contributed by atoms with Crippen LogP contribution in [0.5, 0.6) is 0 Å². The van der Waals surface area contributed by atoms with Gasteiger partial charge >= 0.3 is 0 Å². The van der Waals surface area contributed by atoms with E-state index >= 15 is 0 Å². The first kappa shape index (κ1) is 7.96. The maximum atomic E-state index is 2.56. The average Bonchev–Trinajstić information content (AvgIpc) is 2.87. The zero-order valence-electron chi connectivity index (χ0n) is 9.19. The predicted molar refractivity (Wildman–Crippen MR) is 57.6 cm³/mol. The van der Waals surface area contributed by atoms with Crippen molar-refractivity contribution in [3.05, 3.63) is 12.2 Å². The summed E-state index contributed by atoms with van der Waals surface area (Å²) in [5.74, 6) is 8.41. The summed E-state index contributed by atoms with van der Waals surface area (Å²) in [6.07, 6.45) is 8.22. The highest BCUT2D eigenvalue weighted by atomic mass is 14.7. The van der Waals surface area contributed by atoms with Crippen molar-refractivity contribution in [3.8, 4) is 0 Å². The van der Waals surface area contributed by atoms with Crippen molar-refractivity contribution in [3.63, 3.8) is 0 Å². The zero-order chi connectivity index (χ0) is 9.45. The summed E-state index contributed by atoms with van der Waals surface area (Å²) in [5.41, 5.74) is 0. The van der Waals surface area contributed by atoms with Gasteiger partial charge < -0.3 is 0 Å². The molecule has 4 bridgehead atoms. The van der Waals surface area contributed by atoms with Gasteiger partial charge in [0.15, 0.2) is 0 Å². The van der Waals surface area contributed by atoms with Gasteiger partial charge in [0.1, 0.15) is 0 Å². The summed E-state index contributed by atoms with van der Waals surface area (Å²) in [4.78, 5) is 0. The first-order valence-electron chi connectivity index (χ1n) is 6.47. The van der Waals surface area contributed by atoms with Crippen molar-refractivity contribution in [1.29, 1.82) is 0 Å². The summed E-state index contributed by atoms with van der Waals surface area (Å²) >= 11 is 0. The topological polar surface area (TPSA) is 0 Å². The lowest BCUT2D eigenvalue weighted by molar-refractivity contribution is 0.206. The van der Waals surface area contributed by atoms with E-state index in [1.54, 1.807) is 12.8 Å². The van der Waals surface area contributed by atoms with Gasteiger partial charge in [-0.2, -0.15) is 0 Å². The normalized spacial score (nSPS) is 67.9. The number of rotatable bonds is 0. The van der Waals surface area contributed by atoms with Gasteiger partial charge in [0.2, 0.25) is 0 Å². The second-order valence-electron chi connectivity index (χ2n) is 6.32. The second-order valence-corrected chi connectivity index (χ2v) is 6.32. The van der Waals surface area contributed by atoms with Crippen LogP contribution in [0.3, 0.4) is 0 Å². The molecule has 0 heterocycles. The van der Waals surface area contributed by atoms with E-state index in [4.69, 9.17) is 0 Å². The standard InChI is InChI=1S/C14H20/c1-7-9-3-4-10(7)14-12-6-5-11(8(12)2)13(9)14/h3-4,7-14H,5-6H2,1-2H3/t7?,8?,9?,10?,11?,12?,13-,14+. The summed E-state index contributed by atoms with van der Waals surface area (Å²) < 4.78 is 0. The maximum absolute atomic E-state index is 2.56. The van der Waals surface area contributed by atoms with Crippen molar-refractivity contribution in [2.45, 2.75) is 26.7 Å². The SMILES string of the molecule is CC1C2C=CC1[C@H]1C3CCC(C3C)[C@@H]21. The van der Waals surface area contributed by atoms with Crippen LogP contribution in [0.4, 0.5) is 0 Å². The van der Waals surface area contributed by atoms with Crippen molar-refractivity contribution in [2.75, 3.05) is 0 Å². The van der Waals surface area contributed by atoms with E-state index in [2.05, 4.69) is 26.0 Å². The molecule has 0 amide bonds. The van der Waals surface area contributed by atoms with Gasteiger partial charge in [-0.1, -0.05) is 26.0 Å². The Kier molecular flexibility index (Phi) is 1.30. The quantitative estimate of drug-likeness (QED) is 0.404. The van der Waals surface area contributed by atoms with Crippen LogP contribution in [0.1, 0.15) is 26.7 Å². The van der Waals surface area contributed by atoms with Gasteiger partial charge in [0.05, 0.1) is 0 Å². The monoisotopic (exact) mass is 188 g/mol. The van der Waals surface area contributed by atoms with E-state index in [0.717, 1.165) is 47.3 Å². The van der Waals surface area contributed by atoms with E-state index in [1.165, 1.54) is 0 Å². The Morgan fingerprint density at radius 2 is 1.29 bits per heavy atom. The second kappa shape index (κ2) is 2.28. The average molecular weight is 188 g/mol. The molecular weight excluding hydrogens is 168 g/mol. The Balaban J connectivity index is 1.81. The number of fused-ring (bicyclic) bond motifs is 9. The number of hydrogen-bond donors (Lipinski definition) is 0.